The Kier molecular flexibility index (Phi) is 21.4. The zero-order valence-electron chi connectivity index (χ0n) is 49.5. The van der Waals surface area contributed by atoms with Crippen molar-refractivity contribution < 1.29 is 97.5 Å². The second kappa shape index (κ2) is 29.5. The molecule has 9 N–H and O–H groups in total. The van der Waals surface area contributed by atoms with Gasteiger partial charge in [0.05, 0.1) is 56.0 Å². The van der Waals surface area contributed by atoms with Gasteiger partial charge in [-0.1, -0.05) is 103 Å². The van der Waals surface area contributed by atoms with Crippen LogP contribution in [0.4, 0.5) is 4.39 Å². The van der Waals surface area contributed by atoms with Crippen LogP contribution in [-0.4, -0.2) is 237 Å². The first-order chi connectivity index (χ1) is 43.6. The number of carbonyl (C=O) groups excluding carboxylic acids is 3. The highest BCUT2D eigenvalue weighted by atomic mass is 19.1. The second-order valence-corrected chi connectivity index (χ2v) is 24.1. The molecule has 2 amide bonds. The molecule has 20 atom stereocenters. The summed E-state index contributed by atoms with van der Waals surface area (Å²) in [4.78, 5) is 45.4. The van der Waals surface area contributed by atoms with Gasteiger partial charge in [-0.25, -0.2) is 18.5 Å². The van der Waals surface area contributed by atoms with E-state index in [9.17, 15) is 59.6 Å². The summed E-state index contributed by atoms with van der Waals surface area (Å²) >= 11 is 0. The molecule has 4 saturated heterocycles. The zero-order valence-corrected chi connectivity index (χ0v) is 49.5. The van der Waals surface area contributed by atoms with Gasteiger partial charge in [0, 0.05) is 36.7 Å². The molecule has 0 bridgehead atoms. The molecule has 488 valence electrons. The monoisotopic (exact) mass is 1260 g/mol. The zero-order chi connectivity index (χ0) is 63.2. The van der Waals surface area contributed by atoms with Crippen molar-refractivity contribution in [2.75, 3.05) is 39.5 Å². The van der Waals surface area contributed by atoms with E-state index in [1.54, 1.807) is 35.4 Å². The normalized spacial score (nSPS) is 33.6. The molecule has 27 nitrogen and oxygen atoms in total. The molecule has 3 aromatic carbocycles. The summed E-state index contributed by atoms with van der Waals surface area (Å²) in [7, 11) is 0. The molecule has 6 heterocycles. The maximum absolute atomic E-state index is 14.9. The first-order valence-electron chi connectivity index (χ1n) is 30.9. The van der Waals surface area contributed by atoms with Crippen molar-refractivity contribution in [1.29, 1.82) is 0 Å². The number of likely N-dealkylation sites (tertiary alicyclic amines) is 1. The predicted octanol–water partition coefficient (Wildman–Crippen LogP) is 0.965. The molecule has 2 aliphatic carbocycles. The van der Waals surface area contributed by atoms with Gasteiger partial charge in [-0.15, -0.1) is 10.2 Å². The molecule has 5 aromatic rings. The quantitative estimate of drug-likeness (QED) is 0.0344. The van der Waals surface area contributed by atoms with Crippen LogP contribution in [0.5, 0.6) is 0 Å². The number of esters is 1. The number of aromatic nitrogens is 6. The van der Waals surface area contributed by atoms with Crippen LogP contribution in [0.25, 0.3) is 22.5 Å². The average Bonchev–Trinajstić information content (AvgIpc) is 1.25. The highest BCUT2D eigenvalue weighted by Crippen LogP contribution is 2.42. The van der Waals surface area contributed by atoms with Crippen LogP contribution < -0.4 is 5.32 Å². The third kappa shape index (κ3) is 14.6. The Balaban J connectivity index is 0.905. The molecular formula is C62H79FN8O19. The number of ether oxygens (including phenoxy) is 8. The molecule has 0 spiro atoms. The Bertz CT molecular complexity index is 3140. The van der Waals surface area contributed by atoms with Crippen molar-refractivity contribution in [3.63, 3.8) is 0 Å². The van der Waals surface area contributed by atoms with Crippen LogP contribution in [-0.2, 0) is 47.5 Å². The highest BCUT2D eigenvalue weighted by molar-refractivity contribution is 5.89. The number of aliphatic hydroxyl groups is 8. The number of amides is 2. The molecule has 6 aliphatic rings. The molecule has 6 fully saturated rings. The number of benzene rings is 3. The SMILES string of the molecule is CC1O[C@@H](OC2C(n3cc(-c4ccccc4)nn3)CC(C(=O)NCCO[C@H]3OC(CO)[C@@H](O)C(n4cc(-c5cccc(F)c5)nn4)C3O)C[C@H]2O[C@@H]2OC(CO)[C@H](O)C(O[C@@H](CC3CCCCC3)C(=O)N3CCC3)C2OC(=O)c2ccccc2)C(O)C(O)[C@@H]1O. The Morgan fingerprint density at radius 1 is 0.678 bits per heavy atom. The summed E-state index contributed by atoms with van der Waals surface area (Å²) in [5, 5.41) is 110. The molecule has 2 saturated carbocycles. The van der Waals surface area contributed by atoms with E-state index >= 15 is 0 Å². The van der Waals surface area contributed by atoms with Gasteiger partial charge < -0.3 is 89.0 Å². The predicted molar refractivity (Wildman–Crippen MR) is 309 cm³/mol. The van der Waals surface area contributed by atoms with Gasteiger partial charge in [-0.05, 0) is 62.8 Å². The van der Waals surface area contributed by atoms with Gasteiger partial charge in [0.15, 0.2) is 25.0 Å². The molecule has 2 aromatic heterocycles. The fraction of sp³-hybridized carbons (Fsp3) is 0.597. The van der Waals surface area contributed by atoms with E-state index in [-0.39, 0.29) is 49.1 Å². The van der Waals surface area contributed by atoms with E-state index in [4.69, 9.17) is 37.9 Å². The third-order valence-electron chi connectivity index (χ3n) is 18.0. The van der Waals surface area contributed by atoms with Gasteiger partial charge in [0.2, 0.25) is 5.91 Å². The number of rotatable bonds is 22. The number of hydrogen-bond donors (Lipinski definition) is 9. The summed E-state index contributed by atoms with van der Waals surface area (Å²) < 4.78 is 67.9. The molecular weight excluding hydrogens is 1180 g/mol. The summed E-state index contributed by atoms with van der Waals surface area (Å²) in [6.45, 7) is 0.467. The lowest BCUT2D eigenvalue weighted by molar-refractivity contribution is -0.348. The largest absolute Gasteiger partial charge is 0.450 e. The third-order valence-corrected chi connectivity index (χ3v) is 18.0. The molecule has 4 aliphatic heterocycles. The van der Waals surface area contributed by atoms with Crippen molar-refractivity contribution in [2.45, 2.75) is 181 Å². The highest BCUT2D eigenvalue weighted by Gasteiger charge is 2.55. The Hall–Kier alpha value is -6.32. The second-order valence-electron chi connectivity index (χ2n) is 24.1. The summed E-state index contributed by atoms with van der Waals surface area (Å²) in [5.41, 5.74) is 1.81. The summed E-state index contributed by atoms with van der Waals surface area (Å²) in [6, 6.07) is 20.3. The van der Waals surface area contributed by atoms with Gasteiger partial charge in [-0.2, -0.15) is 0 Å². The van der Waals surface area contributed by atoms with E-state index in [2.05, 4.69) is 25.9 Å². The van der Waals surface area contributed by atoms with Crippen LogP contribution in [0.15, 0.2) is 97.3 Å². The van der Waals surface area contributed by atoms with Gasteiger partial charge in [0.1, 0.15) is 90.4 Å². The van der Waals surface area contributed by atoms with E-state index < -0.39 is 153 Å². The lowest BCUT2D eigenvalue weighted by Gasteiger charge is -2.49. The lowest BCUT2D eigenvalue weighted by atomic mass is 9.80. The van der Waals surface area contributed by atoms with Crippen molar-refractivity contribution in [1.82, 2.24) is 40.2 Å². The number of carbonyl (C=O) groups is 3. The van der Waals surface area contributed by atoms with Crippen LogP contribution in [0.1, 0.15) is 87.2 Å². The standard InChI is InChI=1S/C62H79FN8O19/c1-33-48(74)52(78)53(79)61(84-33)90-54-42(70-29-40(65-67-70)35-15-7-3-8-16-35)27-38(57(80)64-21-24-83-60-51(77)47(49(75)45(31-72)87-60)71-30-41(66-68-71)37-19-11-20-39(63)26-37)28-43(54)86-62-56(89-59(82)36-17-9-4-10-18-36)55(50(76)46(32-73)88-62)85-44(58(81)69-22-12-23-69)25-34-13-5-2-6-14-34/h3-4,7-11,15-20,26,29-30,33-34,38,42-56,60-62,72-79H,2,5-6,12-14,21-25,27-28,31-32H2,1H3,(H,64,80)/t33?,38?,42?,43-,44+,45?,46?,47?,48-,49-,50+,51?,52?,53?,54?,55?,56?,60+,61+,62-/m1/s1. The molecule has 0 radical (unpaired) electrons. The van der Waals surface area contributed by atoms with E-state index in [1.807, 2.05) is 30.3 Å². The molecule has 28 heteroatoms. The maximum atomic E-state index is 14.9. The smallest absolute Gasteiger partial charge is 0.338 e. The van der Waals surface area contributed by atoms with E-state index in [0.29, 0.717) is 36.3 Å². The number of halogens is 1. The first kappa shape index (κ1) is 65.2. The minimum atomic E-state index is -1.84. The summed E-state index contributed by atoms with van der Waals surface area (Å²) in [5.74, 6) is -3.23. The molecule has 12 unspecified atom stereocenters. The first-order valence-corrected chi connectivity index (χ1v) is 30.9. The van der Waals surface area contributed by atoms with Crippen LogP contribution in [0.2, 0.25) is 0 Å². The van der Waals surface area contributed by atoms with E-state index in [0.717, 1.165) is 38.5 Å². The van der Waals surface area contributed by atoms with Crippen molar-refractivity contribution in [3.8, 4) is 22.5 Å². The fourth-order valence-corrected chi connectivity index (χ4v) is 12.9. The number of aliphatic hydroxyl groups excluding tert-OH is 8. The van der Waals surface area contributed by atoms with Crippen LogP contribution in [0, 0.1) is 17.7 Å². The van der Waals surface area contributed by atoms with Gasteiger partial charge in [-0.3, -0.25) is 9.59 Å². The Labute approximate surface area is 517 Å². The van der Waals surface area contributed by atoms with Gasteiger partial charge >= 0.3 is 5.97 Å². The van der Waals surface area contributed by atoms with E-state index in [1.165, 1.54) is 52.8 Å². The minimum Gasteiger partial charge on any atom is -0.450 e. The average molecular weight is 1260 g/mol. The fourth-order valence-electron chi connectivity index (χ4n) is 12.9. The number of nitrogens with zero attached hydrogens (tertiary/aromatic N) is 7. The van der Waals surface area contributed by atoms with Crippen molar-refractivity contribution in [3.05, 3.63) is 109 Å². The van der Waals surface area contributed by atoms with Crippen molar-refractivity contribution in [2.24, 2.45) is 11.8 Å². The van der Waals surface area contributed by atoms with Crippen molar-refractivity contribution >= 4 is 17.8 Å². The number of nitrogens with one attached hydrogen (secondary N) is 1. The Morgan fingerprint density at radius 3 is 2.04 bits per heavy atom. The number of hydrogen-bond acceptors (Lipinski definition) is 23. The van der Waals surface area contributed by atoms with Gasteiger partial charge in [0.25, 0.3) is 5.91 Å². The van der Waals surface area contributed by atoms with Crippen LogP contribution >= 0.6 is 0 Å². The topological polar surface area (TPSA) is 364 Å². The molecule has 11 rings (SSSR count). The lowest BCUT2D eigenvalue weighted by Crippen LogP contribution is -2.64. The summed E-state index contributed by atoms with van der Waals surface area (Å²) in [6.07, 6.45) is -17.4. The Morgan fingerprint density at radius 2 is 1.34 bits per heavy atom. The molecule has 90 heavy (non-hydrogen) atoms. The maximum Gasteiger partial charge on any atom is 0.338 e. The minimum absolute atomic E-state index is 0.0841. The van der Waals surface area contributed by atoms with Crippen LogP contribution in [0.3, 0.4) is 0 Å².